The van der Waals surface area contributed by atoms with Gasteiger partial charge < -0.3 is 25.0 Å². The Bertz CT molecular complexity index is 1310. The second-order valence-corrected chi connectivity index (χ2v) is 14.8. The monoisotopic (exact) mass is 619 g/mol. The normalized spacial score (nSPS) is 26.7. The second kappa shape index (κ2) is 14.3. The molecule has 2 saturated heterocycles. The number of nitrogens with one attached hydrogen (secondary N) is 2. The number of carbonyl (C=O) groups excluding carboxylic acids is 2. The van der Waals surface area contributed by atoms with Gasteiger partial charge in [-0.1, -0.05) is 65.0 Å². The van der Waals surface area contributed by atoms with Gasteiger partial charge in [0.2, 0.25) is 5.91 Å². The van der Waals surface area contributed by atoms with E-state index in [2.05, 4.69) is 62.4 Å². The molecule has 2 aromatic rings. The molecule has 1 amide bonds. The van der Waals surface area contributed by atoms with Crippen LogP contribution in [0, 0.1) is 29.1 Å². The van der Waals surface area contributed by atoms with Gasteiger partial charge in [0.05, 0.1) is 24.6 Å². The molecule has 2 aliphatic heterocycles. The van der Waals surface area contributed by atoms with E-state index in [0.717, 1.165) is 31.4 Å². The summed E-state index contributed by atoms with van der Waals surface area (Å²) in [6.45, 7) is 15.3. The zero-order chi connectivity index (χ0) is 32.2. The molecular weight excluding hydrogens is 566 g/mol. The SMILES string of the molecule is COCCCNc1nc(C(C)(C)C)ncc1C(=O)CC1C(CC(C)C)C12CNC[C@H](C(=O)N1CCOC(c3ccccc3)C1)C2. The lowest BCUT2D eigenvalue weighted by atomic mass is 9.82. The fourth-order valence-corrected chi connectivity index (χ4v) is 7.54. The number of benzene rings is 1. The third-order valence-electron chi connectivity index (χ3n) is 9.93. The van der Waals surface area contributed by atoms with E-state index < -0.39 is 0 Å². The fraction of sp³-hybridized carbons (Fsp3) is 0.667. The number of anilines is 1. The Hall–Kier alpha value is -2.88. The van der Waals surface area contributed by atoms with Crippen LogP contribution in [0.2, 0.25) is 0 Å². The average molecular weight is 620 g/mol. The van der Waals surface area contributed by atoms with Crippen LogP contribution in [0.1, 0.15) is 88.2 Å². The molecule has 45 heavy (non-hydrogen) atoms. The van der Waals surface area contributed by atoms with Crippen LogP contribution in [0.15, 0.2) is 36.5 Å². The van der Waals surface area contributed by atoms with E-state index in [1.165, 1.54) is 0 Å². The largest absolute Gasteiger partial charge is 0.385 e. The molecule has 2 N–H and O–H groups in total. The maximum atomic E-state index is 14.0. The zero-order valence-electron chi connectivity index (χ0n) is 28.1. The van der Waals surface area contributed by atoms with Crippen LogP contribution in [0.4, 0.5) is 5.82 Å². The van der Waals surface area contributed by atoms with Gasteiger partial charge in [-0.05, 0) is 48.0 Å². The minimum Gasteiger partial charge on any atom is -0.385 e. The number of hydrogen-bond acceptors (Lipinski definition) is 8. The van der Waals surface area contributed by atoms with Gasteiger partial charge in [-0.25, -0.2) is 9.97 Å². The van der Waals surface area contributed by atoms with E-state index in [9.17, 15) is 9.59 Å². The van der Waals surface area contributed by atoms with E-state index in [-0.39, 0.29) is 40.5 Å². The van der Waals surface area contributed by atoms with E-state index >= 15 is 0 Å². The number of ether oxygens (including phenoxy) is 2. The van der Waals surface area contributed by atoms with E-state index in [0.29, 0.717) is 74.9 Å². The van der Waals surface area contributed by atoms with Gasteiger partial charge in [-0.3, -0.25) is 9.59 Å². The van der Waals surface area contributed by atoms with Crippen molar-refractivity contribution in [2.45, 2.75) is 71.8 Å². The molecular formula is C36H53N5O4. The molecule has 246 valence electrons. The van der Waals surface area contributed by atoms with Crippen LogP contribution in [-0.4, -0.2) is 79.6 Å². The molecule has 5 atom stereocenters. The smallest absolute Gasteiger partial charge is 0.227 e. The standard InChI is InChI=1S/C36H53N5O4/c1-24(2)17-28-29(18-30(42)27-21-39-34(35(3,4)5)40-32(27)38-13-10-15-44-6)36(28)19-26(20-37-23-36)33(43)41-14-16-45-31(22-41)25-11-8-7-9-12-25/h7-9,11-12,21,24,26,28-29,31,37H,10,13-20,22-23H2,1-6H3,(H,38,39,40)/t26-,28?,29?,31?,36?/m1/s1. The number of nitrogens with zero attached hydrogens (tertiary/aromatic N) is 3. The van der Waals surface area contributed by atoms with Crippen molar-refractivity contribution in [3.05, 3.63) is 53.5 Å². The summed E-state index contributed by atoms with van der Waals surface area (Å²) in [5.41, 5.74) is 1.38. The van der Waals surface area contributed by atoms with Crippen molar-refractivity contribution in [2.24, 2.45) is 29.1 Å². The van der Waals surface area contributed by atoms with Crippen LogP contribution in [-0.2, 0) is 19.7 Å². The van der Waals surface area contributed by atoms with Crippen LogP contribution in [0.3, 0.4) is 0 Å². The highest BCUT2D eigenvalue weighted by molar-refractivity contribution is 6.00. The molecule has 3 aliphatic rings. The van der Waals surface area contributed by atoms with Crippen molar-refractivity contribution in [2.75, 3.05) is 58.4 Å². The Balaban J connectivity index is 1.31. The van der Waals surface area contributed by atoms with Gasteiger partial charge in [-0.2, -0.15) is 0 Å². The quantitative estimate of drug-likeness (QED) is 0.244. The number of piperidine rings is 1. The van der Waals surface area contributed by atoms with E-state index in [1.807, 2.05) is 23.1 Å². The number of carbonyl (C=O) groups is 2. The van der Waals surface area contributed by atoms with Crippen LogP contribution in [0.25, 0.3) is 0 Å². The lowest BCUT2D eigenvalue weighted by Gasteiger charge is -2.38. The van der Waals surface area contributed by atoms with Gasteiger partial charge in [0.15, 0.2) is 5.78 Å². The Kier molecular flexibility index (Phi) is 10.6. The van der Waals surface area contributed by atoms with Crippen molar-refractivity contribution in [3.63, 3.8) is 0 Å². The fourth-order valence-electron chi connectivity index (χ4n) is 7.54. The topological polar surface area (TPSA) is 106 Å². The summed E-state index contributed by atoms with van der Waals surface area (Å²) in [5.74, 6) is 2.65. The number of rotatable bonds is 12. The van der Waals surface area contributed by atoms with Gasteiger partial charge in [0.25, 0.3) is 0 Å². The van der Waals surface area contributed by atoms with E-state index in [1.54, 1.807) is 13.3 Å². The Morgan fingerprint density at radius 3 is 2.69 bits per heavy atom. The highest BCUT2D eigenvalue weighted by atomic mass is 16.5. The second-order valence-electron chi connectivity index (χ2n) is 14.8. The summed E-state index contributed by atoms with van der Waals surface area (Å²) in [7, 11) is 1.69. The van der Waals surface area contributed by atoms with Crippen LogP contribution in [0.5, 0.6) is 0 Å². The minimum atomic E-state index is -0.232. The Morgan fingerprint density at radius 2 is 1.98 bits per heavy atom. The molecule has 3 heterocycles. The lowest BCUT2D eigenvalue weighted by Crippen LogP contribution is -2.50. The highest BCUT2D eigenvalue weighted by Gasteiger charge is 2.65. The van der Waals surface area contributed by atoms with Crippen molar-refractivity contribution < 1.29 is 19.1 Å². The third-order valence-corrected chi connectivity index (χ3v) is 9.93. The van der Waals surface area contributed by atoms with Gasteiger partial charge >= 0.3 is 0 Å². The Labute approximate surface area is 269 Å². The predicted molar refractivity (Wildman–Crippen MR) is 176 cm³/mol. The summed E-state index contributed by atoms with van der Waals surface area (Å²) < 4.78 is 11.3. The third kappa shape index (κ3) is 7.75. The highest BCUT2D eigenvalue weighted by Crippen LogP contribution is 2.67. The van der Waals surface area contributed by atoms with Gasteiger partial charge in [0, 0.05) is 57.9 Å². The van der Waals surface area contributed by atoms with Crippen molar-refractivity contribution in [1.29, 1.82) is 0 Å². The summed E-state index contributed by atoms with van der Waals surface area (Å²) >= 11 is 0. The first-order valence-electron chi connectivity index (χ1n) is 16.8. The first kappa shape index (κ1) is 33.5. The Morgan fingerprint density at radius 1 is 1.20 bits per heavy atom. The number of Topliss-reactive ketones (excluding diaryl/α,β-unsaturated/α-hetero) is 1. The maximum absolute atomic E-state index is 14.0. The molecule has 0 radical (unpaired) electrons. The molecule has 3 fully saturated rings. The molecule has 1 aliphatic carbocycles. The summed E-state index contributed by atoms with van der Waals surface area (Å²) in [5, 5.41) is 7.03. The average Bonchev–Trinajstić information content (AvgIpc) is 3.58. The number of ketones is 1. The molecule has 1 spiro atoms. The lowest BCUT2D eigenvalue weighted by molar-refractivity contribution is -0.144. The molecule has 1 saturated carbocycles. The molecule has 9 heteroatoms. The number of methoxy groups -OCH3 is 1. The summed E-state index contributed by atoms with van der Waals surface area (Å²) in [6, 6.07) is 10.2. The first-order valence-corrected chi connectivity index (χ1v) is 16.8. The molecule has 1 aromatic carbocycles. The van der Waals surface area contributed by atoms with Crippen LogP contribution < -0.4 is 10.6 Å². The maximum Gasteiger partial charge on any atom is 0.227 e. The number of amides is 1. The predicted octanol–water partition coefficient (Wildman–Crippen LogP) is 5.28. The first-order chi connectivity index (χ1) is 21.5. The van der Waals surface area contributed by atoms with Crippen molar-refractivity contribution >= 4 is 17.5 Å². The minimum absolute atomic E-state index is 0.0537. The van der Waals surface area contributed by atoms with E-state index in [4.69, 9.17) is 14.5 Å². The van der Waals surface area contributed by atoms with Crippen molar-refractivity contribution in [1.82, 2.24) is 20.2 Å². The zero-order valence-corrected chi connectivity index (χ0v) is 28.1. The molecule has 5 rings (SSSR count). The summed E-state index contributed by atoms with van der Waals surface area (Å²) in [4.78, 5) is 39.4. The van der Waals surface area contributed by atoms with Crippen LogP contribution >= 0.6 is 0 Å². The molecule has 4 unspecified atom stereocenters. The number of hydrogen-bond donors (Lipinski definition) is 2. The number of aromatic nitrogens is 2. The number of morpholine rings is 1. The van der Waals surface area contributed by atoms with Gasteiger partial charge in [0.1, 0.15) is 17.7 Å². The summed E-state index contributed by atoms with van der Waals surface area (Å²) in [6.07, 6.45) is 4.75. The van der Waals surface area contributed by atoms with Gasteiger partial charge in [-0.15, -0.1) is 0 Å². The molecule has 1 aromatic heterocycles. The van der Waals surface area contributed by atoms with Crippen molar-refractivity contribution in [3.8, 4) is 0 Å². The molecule has 9 nitrogen and oxygen atoms in total. The molecule has 0 bridgehead atoms.